The second-order valence-corrected chi connectivity index (χ2v) is 10.4. The summed E-state index contributed by atoms with van der Waals surface area (Å²) < 4.78 is 37.0. The molecule has 31 heavy (non-hydrogen) atoms. The highest BCUT2D eigenvalue weighted by Gasteiger charge is 2.41. The summed E-state index contributed by atoms with van der Waals surface area (Å²) in [5, 5.41) is 0. The molecule has 0 fully saturated rings. The van der Waals surface area contributed by atoms with Crippen molar-refractivity contribution in [2.75, 3.05) is 26.5 Å². The molecule has 1 aliphatic carbocycles. The van der Waals surface area contributed by atoms with Gasteiger partial charge in [0.25, 0.3) is 0 Å². The molecule has 0 spiro atoms. The molecule has 172 valence electrons. The van der Waals surface area contributed by atoms with Crippen molar-refractivity contribution in [2.45, 2.75) is 52.6 Å². The standard InChI is InChI=1S/C21H31N3O6S/c1-6-7-10-30-21(26)24-9-8-23-16-12-17(31(5,27)28)14(20(25)29-4)11-15(16)22-19(23)18(24)13(2)3/h12-14,18H,6-11H2,1-5H3. The lowest BCUT2D eigenvalue weighted by Gasteiger charge is -2.37. The third kappa shape index (κ3) is 4.49. The SMILES string of the molecule is CCCCOC(=O)N1CCn2c(nc3c2C=C(S(C)(=O)=O)C(C(=O)OC)C3)C1C(C)C. The van der Waals surface area contributed by atoms with E-state index in [4.69, 9.17) is 14.5 Å². The number of esters is 1. The van der Waals surface area contributed by atoms with Gasteiger partial charge in [-0.1, -0.05) is 27.2 Å². The summed E-state index contributed by atoms with van der Waals surface area (Å²) >= 11 is 0. The summed E-state index contributed by atoms with van der Waals surface area (Å²) in [6.45, 7) is 7.34. The van der Waals surface area contributed by atoms with Gasteiger partial charge in [0.1, 0.15) is 5.82 Å². The van der Waals surface area contributed by atoms with Gasteiger partial charge in [-0.15, -0.1) is 0 Å². The molecular weight excluding hydrogens is 422 g/mol. The van der Waals surface area contributed by atoms with Crippen molar-refractivity contribution in [3.8, 4) is 0 Å². The van der Waals surface area contributed by atoms with Crippen molar-refractivity contribution < 1.29 is 27.5 Å². The fourth-order valence-corrected chi connectivity index (χ4v) is 5.30. The number of aromatic nitrogens is 2. The van der Waals surface area contributed by atoms with Crippen LogP contribution in [-0.2, 0) is 37.1 Å². The Labute approximate surface area is 183 Å². The van der Waals surface area contributed by atoms with Crippen LogP contribution in [0.4, 0.5) is 4.79 Å². The zero-order chi connectivity index (χ0) is 22.9. The fourth-order valence-electron chi connectivity index (χ4n) is 4.28. The van der Waals surface area contributed by atoms with E-state index in [2.05, 4.69) is 0 Å². The van der Waals surface area contributed by atoms with Gasteiger partial charge in [-0.05, 0) is 18.4 Å². The zero-order valence-electron chi connectivity index (χ0n) is 18.8. The third-order valence-corrected chi connectivity index (χ3v) is 7.06. The molecular formula is C21H31N3O6S. The highest BCUT2D eigenvalue weighted by molar-refractivity contribution is 7.94. The maximum absolute atomic E-state index is 12.7. The molecule has 3 rings (SSSR count). The maximum atomic E-state index is 12.7. The van der Waals surface area contributed by atoms with Gasteiger partial charge >= 0.3 is 12.1 Å². The normalized spacial score (nSPS) is 20.7. The molecule has 2 atom stereocenters. The van der Waals surface area contributed by atoms with E-state index in [1.807, 2.05) is 25.3 Å². The van der Waals surface area contributed by atoms with Crippen LogP contribution in [0.2, 0.25) is 0 Å². The van der Waals surface area contributed by atoms with Gasteiger partial charge in [0, 0.05) is 25.8 Å². The molecule has 10 heteroatoms. The predicted molar refractivity (Wildman–Crippen MR) is 115 cm³/mol. The number of carbonyl (C=O) groups excluding carboxylic acids is 2. The zero-order valence-corrected chi connectivity index (χ0v) is 19.6. The Morgan fingerprint density at radius 3 is 2.58 bits per heavy atom. The number of imidazole rings is 1. The number of methoxy groups -OCH3 is 1. The van der Waals surface area contributed by atoms with Crippen LogP contribution in [0.5, 0.6) is 0 Å². The van der Waals surface area contributed by atoms with Crippen molar-refractivity contribution in [3.05, 3.63) is 22.1 Å². The Hall–Kier alpha value is -2.36. The summed E-state index contributed by atoms with van der Waals surface area (Å²) in [6.07, 6.45) is 4.17. The van der Waals surface area contributed by atoms with E-state index in [1.54, 1.807) is 11.0 Å². The number of rotatable bonds is 6. The van der Waals surface area contributed by atoms with Crippen LogP contribution in [0.1, 0.15) is 56.9 Å². The van der Waals surface area contributed by atoms with E-state index < -0.39 is 21.7 Å². The molecule has 0 N–H and O–H groups in total. The summed E-state index contributed by atoms with van der Waals surface area (Å²) in [4.78, 5) is 31.5. The summed E-state index contributed by atoms with van der Waals surface area (Å²) in [5.74, 6) is -0.767. The topological polar surface area (TPSA) is 108 Å². The number of hydrogen-bond acceptors (Lipinski definition) is 7. The smallest absolute Gasteiger partial charge is 0.410 e. The Bertz CT molecular complexity index is 995. The van der Waals surface area contributed by atoms with Gasteiger partial charge in [-0.25, -0.2) is 18.2 Å². The predicted octanol–water partition coefficient (Wildman–Crippen LogP) is 2.56. The van der Waals surface area contributed by atoms with Crippen LogP contribution >= 0.6 is 0 Å². The van der Waals surface area contributed by atoms with E-state index in [1.165, 1.54) is 7.11 Å². The molecule has 1 aromatic heterocycles. The van der Waals surface area contributed by atoms with Crippen molar-refractivity contribution in [2.24, 2.45) is 11.8 Å². The quantitative estimate of drug-likeness (QED) is 0.481. The molecule has 2 heterocycles. The lowest BCUT2D eigenvalue weighted by molar-refractivity contribution is -0.143. The maximum Gasteiger partial charge on any atom is 0.410 e. The Kier molecular flexibility index (Phi) is 6.78. The first-order chi connectivity index (χ1) is 14.6. The molecule has 0 saturated carbocycles. The minimum absolute atomic E-state index is 0.0389. The van der Waals surface area contributed by atoms with E-state index in [0.717, 1.165) is 19.1 Å². The van der Waals surface area contributed by atoms with Crippen molar-refractivity contribution in [1.82, 2.24) is 14.5 Å². The number of sulfone groups is 1. The highest BCUT2D eigenvalue weighted by atomic mass is 32.2. The molecule has 0 radical (unpaired) electrons. The van der Waals surface area contributed by atoms with Crippen LogP contribution in [0.25, 0.3) is 6.08 Å². The monoisotopic (exact) mass is 453 g/mol. The molecule has 2 aliphatic rings. The summed E-state index contributed by atoms with van der Waals surface area (Å²) in [6, 6.07) is -0.305. The molecule has 1 amide bonds. The van der Waals surface area contributed by atoms with Crippen LogP contribution in [0, 0.1) is 11.8 Å². The number of hydrogen-bond donors (Lipinski definition) is 0. The minimum Gasteiger partial charge on any atom is -0.469 e. The molecule has 2 unspecified atom stereocenters. The average molecular weight is 454 g/mol. The first-order valence-electron chi connectivity index (χ1n) is 10.6. The van der Waals surface area contributed by atoms with Crippen LogP contribution in [-0.4, -0.2) is 61.4 Å². The number of ether oxygens (including phenoxy) is 2. The first kappa shape index (κ1) is 23.3. The number of nitrogens with zero attached hydrogens (tertiary/aromatic N) is 3. The van der Waals surface area contributed by atoms with Crippen molar-refractivity contribution in [3.63, 3.8) is 0 Å². The van der Waals surface area contributed by atoms with E-state index >= 15 is 0 Å². The van der Waals surface area contributed by atoms with Crippen LogP contribution in [0.15, 0.2) is 4.91 Å². The summed E-state index contributed by atoms with van der Waals surface area (Å²) in [7, 11) is -2.37. The molecule has 1 aliphatic heterocycles. The average Bonchev–Trinajstić information content (AvgIpc) is 3.08. The van der Waals surface area contributed by atoms with Crippen molar-refractivity contribution in [1.29, 1.82) is 0 Å². The van der Waals surface area contributed by atoms with E-state index in [9.17, 15) is 18.0 Å². The van der Waals surface area contributed by atoms with Gasteiger partial charge in [0.15, 0.2) is 9.84 Å². The highest BCUT2D eigenvalue weighted by Crippen LogP contribution is 2.38. The third-order valence-electron chi connectivity index (χ3n) is 5.80. The lowest BCUT2D eigenvalue weighted by atomic mass is 9.96. The van der Waals surface area contributed by atoms with E-state index in [-0.39, 0.29) is 29.4 Å². The van der Waals surface area contributed by atoms with Crippen molar-refractivity contribution >= 4 is 28.0 Å². The van der Waals surface area contributed by atoms with Gasteiger partial charge in [-0.2, -0.15) is 0 Å². The van der Waals surface area contributed by atoms with Gasteiger partial charge in [-0.3, -0.25) is 9.69 Å². The van der Waals surface area contributed by atoms with Crippen LogP contribution in [0.3, 0.4) is 0 Å². The second-order valence-electron chi connectivity index (χ2n) is 8.40. The Morgan fingerprint density at radius 1 is 1.29 bits per heavy atom. The summed E-state index contributed by atoms with van der Waals surface area (Å²) in [5.41, 5.74) is 1.32. The number of carbonyl (C=O) groups is 2. The fraction of sp³-hybridized carbons (Fsp3) is 0.667. The number of unbranched alkanes of at least 4 members (excludes halogenated alkanes) is 1. The lowest BCUT2D eigenvalue weighted by Crippen LogP contribution is -2.45. The first-order valence-corrected chi connectivity index (χ1v) is 12.5. The molecule has 0 aromatic carbocycles. The largest absolute Gasteiger partial charge is 0.469 e. The Morgan fingerprint density at radius 2 is 2.00 bits per heavy atom. The van der Waals surface area contributed by atoms with Gasteiger partial charge in [0.2, 0.25) is 0 Å². The minimum atomic E-state index is -3.61. The second kappa shape index (κ2) is 9.02. The molecule has 1 aromatic rings. The molecule has 0 saturated heterocycles. The van der Waals surface area contributed by atoms with Gasteiger partial charge in [0.05, 0.1) is 42.0 Å². The van der Waals surface area contributed by atoms with Crippen LogP contribution < -0.4 is 0 Å². The number of amides is 1. The van der Waals surface area contributed by atoms with Gasteiger partial charge < -0.3 is 14.0 Å². The molecule has 9 nitrogen and oxygen atoms in total. The van der Waals surface area contributed by atoms with E-state index in [0.29, 0.717) is 36.9 Å². The number of fused-ring (bicyclic) bond motifs is 3. The Balaban J connectivity index is 2.02. The molecule has 0 bridgehead atoms.